The first-order chi connectivity index (χ1) is 10.7. The number of carbonyl (C=O) groups excluding carboxylic acids is 1. The molecule has 22 heavy (non-hydrogen) atoms. The van der Waals surface area contributed by atoms with Crippen molar-refractivity contribution in [3.05, 3.63) is 42.5 Å². The summed E-state index contributed by atoms with van der Waals surface area (Å²) in [5.74, 6) is 0.0591. The fourth-order valence-corrected chi connectivity index (χ4v) is 2.21. The zero-order valence-electron chi connectivity index (χ0n) is 11.8. The summed E-state index contributed by atoms with van der Waals surface area (Å²) in [6.07, 6.45) is 3.09. The highest BCUT2D eigenvalue weighted by molar-refractivity contribution is 5.76. The Morgan fingerprint density at radius 1 is 1.23 bits per heavy atom. The average Bonchev–Trinajstić information content (AvgIpc) is 2.94. The second-order valence-electron chi connectivity index (χ2n) is 4.78. The summed E-state index contributed by atoms with van der Waals surface area (Å²) in [5, 5.41) is 2.73. The lowest BCUT2D eigenvalue weighted by Gasteiger charge is -2.15. The Kier molecular flexibility index (Phi) is 4.13. The number of nitrogens with one attached hydrogen (secondary N) is 1. The molecule has 0 unspecified atom stereocenters. The Hall–Kier alpha value is -2.70. The Morgan fingerprint density at radius 2 is 2.00 bits per heavy atom. The van der Waals surface area contributed by atoms with Gasteiger partial charge in [-0.3, -0.25) is 0 Å². The van der Waals surface area contributed by atoms with Crippen LogP contribution in [0.3, 0.4) is 0 Å². The van der Waals surface area contributed by atoms with Gasteiger partial charge in [0.05, 0.1) is 6.54 Å². The van der Waals surface area contributed by atoms with Crippen molar-refractivity contribution >= 4 is 6.03 Å². The molecule has 0 radical (unpaired) electrons. The molecule has 0 bridgehead atoms. The number of ether oxygens (including phenoxy) is 1. The zero-order chi connectivity index (χ0) is 15.4. The largest absolute Gasteiger partial charge is 0.474 e. The van der Waals surface area contributed by atoms with E-state index in [1.165, 1.54) is 18.3 Å². The van der Waals surface area contributed by atoms with Gasteiger partial charge in [-0.25, -0.2) is 19.2 Å². The quantitative estimate of drug-likeness (QED) is 0.912. The van der Waals surface area contributed by atoms with Crippen LogP contribution >= 0.6 is 0 Å². The predicted molar refractivity (Wildman–Crippen MR) is 77.9 cm³/mol. The van der Waals surface area contributed by atoms with Crippen LogP contribution in [0.5, 0.6) is 5.88 Å². The molecule has 1 fully saturated rings. The minimum atomic E-state index is -0.310. The summed E-state index contributed by atoms with van der Waals surface area (Å²) in [4.78, 5) is 21.5. The van der Waals surface area contributed by atoms with Crippen molar-refractivity contribution in [2.45, 2.75) is 0 Å². The number of amides is 2. The lowest BCUT2D eigenvalue weighted by molar-refractivity contribution is 0.201. The normalized spacial score (nSPS) is 14.0. The molecule has 1 saturated heterocycles. The minimum absolute atomic E-state index is 0.0819. The van der Waals surface area contributed by atoms with E-state index in [9.17, 15) is 9.18 Å². The summed E-state index contributed by atoms with van der Waals surface area (Å²) < 4.78 is 18.6. The van der Waals surface area contributed by atoms with E-state index in [1.54, 1.807) is 23.2 Å². The third-order valence-electron chi connectivity index (χ3n) is 3.33. The number of aromatic nitrogens is 2. The molecule has 2 amide bonds. The van der Waals surface area contributed by atoms with Gasteiger partial charge in [-0.05, 0) is 24.3 Å². The van der Waals surface area contributed by atoms with E-state index in [0.717, 1.165) is 5.56 Å². The van der Waals surface area contributed by atoms with Gasteiger partial charge in [0.15, 0.2) is 0 Å². The average molecular weight is 302 g/mol. The number of nitrogens with zero attached hydrogens (tertiary/aromatic N) is 3. The SMILES string of the molecule is O=C1NCCN1CCOc1nccnc1-c1ccc(F)cc1. The highest BCUT2D eigenvalue weighted by Gasteiger charge is 2.19. The first-order valence-corrected chi connectivity index (χ1v) is 6.96. The number of hydrogen-bond donors (Lipinski definition) is 1. The highest BCUT2D eigenvalue weighted by Crippen LogP contribution is 2.25. The number of hydrogen-bond acceptors (Lipinski definition) is 4. The molecule has 0 saturated carbocycles. The monoisotopic (exact) mass is 302 g/mol. The maximum Gasteiger partial charge on any atom is 0.317 e. The molecule has 0 atom stereocenters. The van der Waals surface area contributed by atoms with E-state index >= 15 is 0 Å². The van der Waals surface area contributed by atoms with Gasteiger partial charge < -0.3 is 15.0 Å². The highest BCUT2D eigenvalue weighted by atomic mass is 19.1. The summed E-state index contributed by atoms with van der Waals surface area (Å²) in [6, 6.07) is 5.90. The second kappa shape index (κ2) is 6.38. The van der Waals surface area contributed by atoms with Gasteiger partial charge in [-0.2, -0.15) is 0 Å². The van der Waals surface area contributed by atoms with Crippen LogP contribution in [0.4, 0.5) is 9.18 Å². The maximum atomic E-state index is 13.0. The van der Waals surface area contributed by atoms with Gasteiger partial charge in [-0.1, -0.05) is 0 Å². The fourth-order valence-electron chi connectivity index (χ4n) is 2.21. The molecule has 1 N–H and O–H groups in total. The predicted octanol–water partition coefficient (Wildman–Crippen LogP) is 1.69. The molecule has 6 nitrogen and oxygen atoms in total. The molecule has 1 aromatic carbocycles. The number of benzene rings is 1. The molecule has 2 aromatic rings. The number of halogens is 1. The van der Waals surface area contributed by atoms with E-state index in [2.05, 4.69) is 15.3 Å². The van der Waals surface area contributed by atoms with E-state index in [1.807, 2.05) is 0 Å². The summed E-state index contributed by atoms with van der Waals surface area (Å²) in [5.41, 5.74) is 1.27. The van der Waals surface area contributed by atoms with E-state index < -0.39 is 0 Å². The Balaban J connectivity index is 1.68. The molecule has 3 rings (SSSR count). The van der Waals surface area contributed by atoms with Crippen LogP contribution in [0.1, 0.15) is 0 Å². The third-order valence-corrected chi connectivity index (χ3v) is 3.33. The molecule has 1 aromatic heterocycles. The van der Waals surface area contributed by atoms with Crippen LogP contribution in [0.25, 0.3) is 11.3 Å². The molecule has 114 valence electrons. The molecular weight excluding hydrogens is 287 g/mol. The van der Waals surface area contributed by atoms with Gasteiger partial charge in [0.25, 0.3) is 0 Å². The lowest BCUT2D eigenvalue weighted by atomic mass is 10.1. The van der Waals surface area contributed by atoms with Crippen LogP contribution in [-0.4, -0.2) is 47.1 Å². The van der Waals surface area contributed by atoms with Crippen LogP contribution in [0.2, 0.25) is 0 Å². The molecule has 1 aliphatic heterocycles. The number of urea groups is 1. The Bertz CT molecular complexity index is 663. The topological polar surface area (TPSA) is 67.4 Å². The molecule has 1 aliphatic rings. The molecule has 7 heteroatoms. The van der Waals surface area contributed by atoms with Gasteiger partial charge in [0.1, 0.15) is 18.1 Å². The van der Waals surface area contributed by atoms with Crippen LogP contribution in [0, 0.1) is 5.82 Å². The van der Waals surface area contributed by atoms with Crippen molar-refractivity contribution in [1.82, 2.24) is 20.2 Å². The van der Waals surface area contributed by atoms with Gasteiger partial charge >= 0.3 is 6.03 Å². The molecule has 0 aliphatic carbocycles. The van der Waals surface area contributed by atoms with Crippen molar-refractivity contribution in [2.24, 2.45) is 0 Å². The van der Waals surface area contributed by atoms with Crippen molar-refractivity contribution in [2.75, 3.05) is 26.2 Å². The first-order valence-electron chi connectivity index (χ1n) is 6.96. The van der Waals surface area contributed by atoms with Crippen molar-refractivity contribution in [3.8, 4) is 17.1 Å². The van der Waals surface area contributed by atoms with Crippen molar-refractivity contribution < 1.29 is 13.9 Å². The fraction of sp³-hybridized carbons (Fsp3) is 0.267. The molecule has 0 spiro atoms. The minimum Gasteiger partial charge on any atom is -0.474 e. The summed E-state index contributed by atoms with van der Waals surface area (Å²) in [7, 11) is 0. The summed E-state index contributed by atoms with van der Waals surface area (Å²) in [6.45, 7) is 2.13. The van der Waals surface area contributed by atoms with Crippen molar-refractivity contribution in [1.29, 1.82) is 0 Å². The zero-order valence-corrected chi connectivity index (χ0v) is 11.8. The smallest absolute Gasteiger partial charge is 0.317 e. The Labute approximate surface area is 126 Å². The maximum absolute atomic E-state index is 13.0. The number of rotatable bonds is 5. The Morgan fingerprint density at radius 3 is 2.73 bits per heavy atom. The molecular formula is C15H15FN4O2. The van der Waals surface area contributed by atoms with E-state index in [-0.39, 0.29) is 11.8 Å². The van der Waals surface area contributed by atoms with Gasteiger partial charge in [0.2, 0.25) is 5.88 Å². The standard InChI is InChI=1S/C15H15FN4O2/c16-12-3-1-11(2-4-12)13-14(18-6-5-17-13)22-10-9-20-8-7-19-15(20)21/h1-6H,7-10H2,(H,19,21). The first kappa shape index (κ1) is 14.2. The van der Waals surface area contributed by atoms with E-state index in [0.29, 0.717) is 37.8 Å². The van der Waals surface area contributed by atoms with Gasteiger partial charge in [-0.15, -0.1) is 0 Å². The lowest BCUT2D eigenvalue weighted by Crippen LogP contribution is -2.32. The molecule has 2 heterocycles. The van der Waals surface area contributed by atoms with Crippen LogP contribution in [-0.2, 0) is 0 Å². The van der Waals surface area contributed by atoms with Crippen LogP contribution < -0.4 is 10.1 Å². The van der Waals surface area contributed by atoms with Crippen LogP contribution in [0.15, 0.2) is 36.7 Å². The summed E-state index contributed by atoms with van der Waals surface area (Å²) >= 11 is 0. The van der Waals surface area contributed by atoms with Gasteiger partial charge in [0, 0.05) is 31.0 Å². The third kappa shape index (κ3) is 3.13. The van der Waals surface area contributed by atoms with E-state index in [4.69, 9.17) is 4.74 Å². The van der Waals surface area contributed by atoms with Crippen molar-refractivity contribution in [3.63, 3.8) is 0 Å². The number of carbonyl (C=O) groups is 1. The second-order valence-corrected chi connectivity index (χ2v) is 4.78.